The summed E-state index contributed by atoms with van der Waals surface area (Å²) in [6.45, 7) is 12.7. The summed E-state index contributed by atoms with van der Waals surface area (Å²) in [6, 6.07) is 11.4. The second-order valence-electron chi connectivity index (χ2n) is 10.6. The lowest BCUT2D eigenvalue weighted by atomic mass is 9.92. The second-order valence-corrected chi connectivity index (χ2v) is 10.9. The molecule has 0 fully saturated rings. The maximum atomic E-state index is 14.1. The van der Waals surface area contributed by atoms with Gasteiger partial charge in [-0.1, -0.05) is 37.3 Å². The third-order valence-corrected chi connectivity index (χ3v) is 6.39. The average molecular weight is 530 g/mol. The first-order valence-corrected chi connectivity index (χ1v) is 12.9. The number of phenolic OH excluding ortho intramolecular Hbond substituents is 1. The fourth-order valence-electron chi connectivity index (χ4n) is 3.78. The number of aryl methyl sites for hydroxylation is 1. The molecule has 0 spiro atoms. The molecule has 8 nitrogen and oxygen atoms in total. The number of hydrogen-bond acceptors (Lipinski definition) is 6. The Bertz CT molecular complexity index is 1110. The number of amides is 3. The molecule has 9 heteroatoms. The summed E-state index contributed by atoms with van der Waals surface area (Å²) in [7, 11) is 0. The number of anilines is 1. The van der Waals surface area contributed by atoms with Crippen molar-refractivity contribution in [2.75, 3.05) is 11.1 Å². The van der Waals surface area contributed by atoms with Crippen molar-refractivity contribution in [2.45, 2.75) is 78.1 Å². The first kappa shape index (κ1) is 30.0. The van der Waals surface area contributed by atoms with Gasteiger partial charge in [0.05, 0.1) is 0 Å². The van der Waals surface area contributed by atoms with Gasteiger partial charge in [0.15, 0.2) is 0 Å². The number of ether oxygens (including phenoxy) is 1. The van der Waals surface area contributed by atoms with Gasteiger partial charge in [0.2, 0.25) is 5.91 Å². The Morgan fingerprint density at radius 2 is 1.70 bits per heavy atom. The molecule has 0 saturated carbocycles. The lowest BCUT2D eigenvalue weighted by Gasteiger charge is -2.44. The van der Waals surface area contributed by atoms with Crippen molar-refractivity contribution in [3.05, 3.63) is 59.7 Å². The van der Waals surface area contributed by atoms with Crippen molar-refractivity contribution in [3.63, 3.8) is 0 Å². The molecule has 2 aromatic carbocycles. The van der Waals surface area contributed by atoms with Crippen molar-refractivity contribution in [2.24, 2.45) is 0 Å². The van der Waals surface area contributed by atoms with E-state index in [4.69, 9.17) is 4.74 Å². The SMILES string of the molecule is CCC(C)(C)N(C(=O)C(CS)NC(=O)OC(C)(C)C)C(C(=O)Nc1ccccc1C)c1cccc(O)c1. The Labute approximate surface area is 225 Å². The highest BCUT2D eigenvalue weighted by atomic mass is 32.1. The molecule has 37 heavy (non-hydrogen) atoms. The molecule has 0 aliphatic carbocycles. The number of para-hydroxylation sites is 1. The zero-order valence-corrected chi connectivity index (χ0v) is 23.6. The number of aromatic hydroxyl groups is 1. The highest BCUT2D eigenvalue weighted by molar-refractivity contribution is 7.80. The van der Waals surface area contributed by atoms with Crippen LogP contribution in [0.1, 0.15) is 65.1 Å². The number of carbonyl (C=O) groups excluding carboxylic acids is 3. The number of carbonyl (C=O) groups is 3. The Hall–Kier alpha value is -3.20. The molecule has 0 bridgehead atoms. The van der Waals surface area contributed by atoms with Crippen molar-refractivity contribution in [3.8, 4) is 5.75 Å². The number of phenols is 1. The minimum Gasteiger partial charge on any atom is -0.508 e. The number of thiol groups is 1. The molecule has 2 rings (SSSR count). The van der Waals surface area contributed by atoms with E-state index in [1.165, 1.54) is 17.0 Å². The van der Waals surface area contributed by atoms with E-state index in [0.29, 0.717) is 17.7 Å². The van der Waals surface area contributed by atoms with Crippen molar-refractivity contribution in [1.82, 2.24) is 10.2 Å². The van der Waals surface area contributed by atoms with Crippen LogP contribution < -0.4 is 10.6 Å². The number of nitrogens with zero attached hydrogens (tertiary/aromatic N) is 1. The highest BCUT2D eigenvalue weighted by Crippen LogP contribution is 2.34. The van der Waals surface area contributed by atoms with Gasteiger partial charge in [0, 0.05) is 17.0 Å². The van der Waals surface area contributed by atoms with Gasteiger partial charge in [0.1, 0.15) is 23.4 Å². The summed E-state index contributed by atoms with van der Waals surface area (Å²) in [6.07, 6.45) is -0.246. The van der Waals surface area contributed by atoms with Crippen molar-refractivity contribution < 1.29 is 24.2 Å². The fraction of sp³-hybridized carbons (Fsp3) is 0.464. The van der Waals surface area contributed by atoms with Gasteiger partial charge in [-0.3, -0.25) is 9.59 Å². The van der Waals surface area contributed by atoms with Crippen LogP contribution in [0.5, 0.6) is 5.75 Å². The lowest BCUT2D eigenvalue weighted by molar-refractivity contribution is -0.147. The number of alkyl carbamates (subject to hydrolysis) is 1. The highest BCUT2D eigenvalue weighted by Gasteiger charge is 2.43. The molecular weight excluding hydrogens is 490 g/mol. The van der Waals surface area contributed by atoms with Crippen LogP contribution in [0, 0.1) is 6.92 Å². The molecule has 0 saturated heterocycles. The molecule has 2 unspecified atom stereocenters. The largest absolute Gasteiger partial charge is 0.508 e. The van der Waals surface area contributed by atoms with E-state index in [1.807, 2.05) is 45.9 Å². The van der Waals surface area contributed by atoms with E-state index in [0.717, 1.165) is 5.56 Å². The van der Waals surface area contributed by atoms with Crippen LogP contribution in [0.25, 0.3) is 0 Å². The first-order valence-electron chi connectivity index (χ1n) is 12.3. The van der Waals surface area contributed by atoms with Crippen LogP contribution in [0.15, 0.2) is 48.5 Å². The van der Waals surface area contributed by atoms with Gasteiger partial charge in [0.25, 0.3) is 5.91 Å². The maximum absolute atomic E-state index is 14.1. The summed E-state index contributed by atoms with van der Waals surface area (Å²) in [5, 5.41) is 15.8. The second kappa shape index (κ2) is 12.4. The summed E-state index contributed by atoms with van der Waals surface area (Å²) in [4.78, 5) is 41.9. The van der Waals surface area contributed by atoms with Crippen molar-refractivity contribution in [1.29, 1.82) is 0 Å². The van der Waals surface area contributed by atoms with E-state index in [-0.39, 0.29) is 11.5 Å². The van der Waals surface area contributed by atoms with E-state index < -0.39 is 41.1 Å². The molecule has 0 aliphatic heterocycles. The molecule has 0 aliphatic rings. The zero-order valence-electron chi connectivity index (χ0n) is 22.7. The van der Waals surface area contributed by atoms with E-state index in [2.05, 4.69) is 23.3 Å². The third-order valence-electron chi connectivity index (χ3n) is 6.02. The Morgan fingerprint density at radius 1 is 1.05 bits per heavy atom. The molecular formula is C28H39N3O5S. The molecule has 0 heterocycles. The minimum absolute atomic E-state index is 0.0134. The summed E-state index contributed by atoms with van der Waals surface area (Å²) >= 11 is 4.32. The zero-order chi connectivity index (χ0) is 28.0. The van der Waals surface area contributed by atoms with Crippen LogP contribution in [-0.4, -0.2) is 50.8 Å². The maximum Gasteiger partial charge on any atom is 0.408 e. The summed E-state index contributed by atoms with van der Waals surface area (Å²) < 4.78 is 5.35. The van der Waals surface area contributed by atoms with Crippen LogP contribution in [0.2, 0.25) is 0 Å². The van der Waals surface area contributed by atoms with Crippen molar-refractivity contribution >= 4 is 36.2 Å². The van der Waals surface area contributed by atoms with Crippen LogP contribution in [0.4, 0.5) is 10.5 Å². The normalized spacial score (nSPS) is 13.3. The Kier molecular flexibility index (Phi) is 10.0. The average Bonchev–Trinajstić information content (AvgIpc) is 2.80. The smallest absolute Gasteiger partial charge is 0.408 e. The van der Waals surface area contributed by atoms with Crippen LogP contribution in [0.3, 0.4) is 0 Å². The first-order chi connectivity index (χ1) is 17.2. The molecule has 0 radical (unpaired) electrons. The summed E-state index contributed by atoms with van der Waals surface area (Å²) in [5.41, 5.74) is 0.326. The van der Waals surface area contributed by atoms with E-state index in [1.54, 1.807) is 39.0 Å². The number of hydrogen-bond donors (Lipinski definition) is 4. The molecule has 0 aromatic heterocycles. The van der Waals surface area contributed by atoms with Gasteiger partial charge in [-0.2, -0.15) is 12.6 Å². The number of rotatable bonds is 9. The standard InChI is InChI=1S/C28H39N3O5S/c1-8-28(6,7)31(25(34)22(17-37)30-26(35)36-27(3,4)5)23(19-13-11-14-20(32)16-19)24(33)29-21-15-10-9-12-18(21)2/h9-16,22-23,32,37H,8,17H2,1-7H3,(H,29,33)(H,30,35). The number of nitrogens with one attached hydrogen (secondary N) is 2. The molecule has 2 atom stereocenters. The van der Waals surface area contributed by atoms with Crippen LogP contribution in [-0.2, 0) is 14.3 Å². The minimum atomic E-state index is -1.11. The van der Waals surface area contributed by atoms with Gasteiger partial charge in [-0.05, 0) is 77.3 Å². The molecule has 2 aromatic rings. The lowest BCUT2D eigenvalue weighted by Crippen LogP contribution is -2.59. The fourth-order valence-corrected chi connectivity index (χ4v) is 4.02. The van der Waals surface area contributed by atoms with E-state index >= 15 is 0 Å². The van der Waals surface area contributed by atoms with Gasteiger partial charge in [-0.25, -0.2) is 4.79 Å². The predicted octanol–water partition coefficient (Wildman–Crippen LogP) is 5.22. The van der Waals surface area contributed by atoms with E-state index in [9.17, 15) is 19.5 Å². The monoisotopic (exact) mass is 529 g/mol. The van der Waals surface area contributed by atoms with Crippen LogP contribution >= 0.6 is 12.6 Å². The third kappa shape index (κ3) is 8.15. The Morgan fingerprint density at radius 3 is 2.24 bits per heavy atom. The quantitative estimate of drug-likeness (QED) is 0.333. The molecule has 202 valence electrons. The topological polar surface area (TPSA) is 108 Å². The molecule has 3 N–H and O–H groups in total. The van der Waals surface area contributed by atoms with Gasteiger partial charge < -0.3 is 25.4 Å². The van der Waals surface area contributed by atoms with Gasteiger partial charge in [-0.15, -0.1) is 0 Å². The number of benzene rings is 2. The summed E-state index contributed by atoms with van der Waals surface area (Å²) in [5.74, 6) is -1.00. The molecule has 3 amide bonds. The predicted molar refractivity (Wildman–Crippen MR) is 149 cm³/mol. The Balaban J connectivity index is 2.59. The van der Waals surface area contributed by atoms with Gasteiger partial charge >= 0.3 is 6.09 Å².